The summed E-state index contributed by atoms with van der Waals surface area (Å²) in [5.74, 6) is 0.1000. The number of methoxy groups -OCH3 is 1. The maximum atomic E-state index is 13.2. The maximum absolute atomic E-state index is 13.2. The number of nitrogens with zero attached hydrogens (tertiary/aromatic N) is 3. The molecule has 4 rings (SSSR count). The van der Waals surface area contributed by atoms with Crippen LogP contribution in [0.1, 0.15) is 6.42 Å². The van der Waals surface area contributed by atoms with Gasteiger partial charge in [-0.25, -0.2) is 0 Å². The van der Waals surface area contributed by atoms with E-state index in [0.717, 1.165) is 42.1 Å². The van der Waals surface area contributed by atoms with Gasteiger partial charge in [0.25, 0.3) is 0 Å². The highest BCUT2D eigenvalue weighted by atomic mass is 79.9. The van der Waals surface area contributed by atoms with Crippen LogP contribution >= 0.6 is 15.9 Å². The van der Waals surface area contributed by atoms with Gasteiger partial charge in [0.05, 0.1) is 20.1 Å². The topological polar surface area (TPSA) is 94.2 Å². The Bertz CT molecular complexity index is 1040. The molecule has 2 heterocycles. The number of rotatable bonds is 7. The Hall–Kier alpha value is -3.11. The van der Waals surface area contributed by atoms with Gasteiger partial charge < -0.3 is 25.2 Å². The molecular formula is C25H30BrN5O4. The monoisotopic (exact) mass is 543 g/mol. The van der Waals surface area contributed by atoms with Crippen LogP contribution in [0.4, 0.5) is 11.4 Å². The minimum atomic E-state index is -0.813. The molecule has 2 aromatic carbocycles. The highest BCUT2D eigenvalue weighted by Gasteiger charge is 2.35. The molecule has 0 aromatic heterocycles. The molecule has 0 bridgehead atoms. The van der Waals surface area contributed by atoms with Crippen molar-refractivity contribution in [3.8, 4) is 5.75 Å². The van der Waals surface area contributed by atoms with Gasteiger partial charge >= 0.3 is 0 Å². The van der Waals surface area contributed by atoms with Gasteiger partial charge in [0, 0.05) is 55.1 Å². The van der Waals surface area contributed by atoms with Crippen LogP contribution in [0.5, 0.6) is 5.75 Å². The first-order chi connectivity index (χ1) is 16.9. The van der Waals surface area contributed by atoms with Gasteiger partial charge in [-0.05, 0) is 48.5 Å². The van der Waals surface area contributed by atoms with Crippen LogP contribution in [0.3, 0.4) is 0 Å². The van der Waals surface area contributed by atoms with Crippen LogP contribution < -0.4 is 20.3 Å². The normalized spacial score (nSPS) is 18.7. The second kappa shape index (κ2) is 11.5. The van der Waals surface area contributed by atoms with Crippen LogP contribution in [0, 0.1) is 0 Å². The number of ether oxygens (including phenoxy) is 1. The number of anilines is 2. The van der Waals surface area contributed by atoms with E-state index in [4.69, 9.17) is 4.74 Å². The van der Waals surface area contributed by atoms with Crippen molar-refractivity contribution in [1.29, 1.82) is 0 Å². The largest absolute Gasteiger partial charge is 0.497 e. The van der Waals surface area contributed by atoms with E-state index in [1.807, 2.05) is 36.4 Å². The summed E-state index contributed by atoms with van der Waals surface area (Å²) >= 11 is 3.36. The number of carbonyl (C=O) groups is 3. The molecule has 3 amide bonds. The van der Waals surface area contributed by atoms with Crippen LogP contribution in [0.2, 0.25) is 0 Å². The van der Waals surface area contributed by atoms with Gasteiger partial charge in [0.1, 0.15) is 11.8 Å². The standard InChI is InChI=1S/C25H30BrN5O4/c1-35-21-8-6-20(7-9-21)30-14-12-29(13-15-30)17-24(33)31-11-10-27-25(34)22(31)16-23(32)28-19-4-2-18(26)3-5-19/h2-9,22H,10-17H2,1H3,(H,27,34)(H,28,32)/t22-/m1/s1. The predicted molar refractivity (Wildman–Crippen MR) is 138 cm³/mol. The van der Waals surface area contributed by atoms with Crippen LogP contribution in [0.15, 0.2) is 53.0 Å². The summed E-state index contributed by atoms with van der Waals surface area (Å²) in [7, 11) is 1.65. The van der Waals surface area contributed by atoms with Crippen molar-refractivity contribution in [3.63, 3.8) is 0 Å². The summed E-state index contributed by atoms with van der Waals surface area (Å²) in [5, 5.41) is 5.59. The molecule has 0 aliphatic carbocycles. The van der Waals surface area contributed by atoms with Crippen molar-refractivity contribution >= 4 is 45.0 Å². The number of piperazine rings is 2. The van der Waals surface area contributed by atoms with E-state index in [0.29, 0.717) is 18.8 Å². The molecule has 2 aromatic rings. The van der Waals surface area contributed by atoms with Crippen molar-refractivity contribution in [3.05, 3.63) is 53.0 Å². The SMILES string of the molecule is COc1ccc(N2CCN(CC(=O)N3CCNC(=O)[C@H]3CC(=O)Nc3ccc(Br)cc3)CC2)cc1. The zero-order chi connectivity index (χ0) is 24.8. The van der Waals surface area contributed by atoms with E-state index in [9.17, 15) is 14.4 Å². The Morgan fingerprint density at radius 3 is 2.37 bits per heavy atom. The van der Waals surface area contributed by atoms with Gasteiger partial charge in [0.2, 0.25) is 17.7 Å². The molecule has 1 atom stereocenters. The molecule has 9 nitrogen and oxygen atoms in total. The lowest BCUT2D eigenvalue weighted by molar-refractivity contribution is -0.145. The number of benzene rings is 2. The molecule has 2 aliphatic rings. The van der Waals surface area contributed by atoms with E-state index < -0.39 is 6.04 Å². The van der Waals surface area contributed by atoms with Gasteiger partial charge in [-0.2, -0.15) is 0 Å². The number of hydrogen-bond donors (Lipinski definition) is 2. The molecule has 0 unspecified atom stereocenters. The quantitative estimate of drug-likeness (QED) is 0.554. The molecule has 2 saturated heterocycles. The molecule has 0 radical (unpaired) electrons. The summed E-state index contributed by atoms with van der Waals surface area (Å²) < 4.78 is 6.13. The van der Waals surface area contributed by atoms with Crippen molar-refractivity contribution in [2.24, 2.45) is 0 Å². The lowest BCUT2D eigenvalue weighted by Gasteiger charge is -2.39. The molecule has 0 spiro atoms. The Labute approximate surface area is 213 Å². The van der Waals surface area contributed by atoms with Crippen molar-refractivity contribution in [1.82, 2.24) is 15.1 Å². The van der Waals surface area contributed by atoms with E-state index in [-0.39, 0.29) is 30.7 Å². The van der Waals surface area contributed by atoms with Gasteiger partial charge in [-0.15, -0.1) is 0 Å². The molecule has 35 heavy (non-hydrogen) atoms. The number of hydrogen-bond acceptors (Lipinski definition) is 6. The summed E-state index contributed by atoms with van der Waals surface area (Å²) in [6.07, 6.45) is -0.0844. The summed E-state index contributed by atoms with van der Waals surface area (Å²) in [6.45, 7) is 4.11. The zero-order valence-electron chi connectivity index (χ0n) is 19.7. The lowest BCUT2D eigenvalue weighted by Crippen LogP contribution is -2.60. The third kappa shape index (κ3) is 6.52. The van der Waals surface area contributed by atoms with E-state index in [1.165, 1.54) is 0 Å². The minimum Gasteiger partial charge on any atom is -0.497 e. The summed E-state index contributed by atoms with van der Waals surface area (Å²) in [4.78, 5) is 44.3. The molecular weight excluding hydrogens is 514 g/mol. The van der Waals surface area contributed by atoms with Crippen molar-refractivity contribution < 1.29 is 19.1 Å². The van der Waals surface area contributed by atoms with E-state index in [2.05, 4.69) is 36.4 Å². The van der Waals surface area contributed by atoms with Crippen molar-refractivity contribution in [2.45, 2.75) is 12.5 Å². The second-order valence-electron chi connectivity index (χ2n) is 8.61. The third-order valence-corrected chi connectivity index (χ3v) is 6.86. The molecule has 2 N–H and O–H groups in total. The Morgan fingerprint density at radius 1 is 1.03 bits per heavy atom. The van der Waals surface area contributed by atoms with E-state index >= 15 is 0 Å². The fourth-order valence-electron chi connectivity index (χ4n) is 4.38. The predicted octanol–water partition coefficient (Wildman–Crippen LogP) is 1.94. The Kier molecular flexibility index (Phi) is 8.25. The molecule has 0 saturated carbocycles. The third-order valence-electron chi connectivity index (χ3n) is 6.33. The number of carbonyl (C=O) groups excluding carboxylic acids is 3. The molecule has 2 aliphatic heterocycles. The number of halogens is 1. The second-order valence-corrected chi connectivity index (χ2v) is 9.53. The molecule has 2 fully saturated rings. The van der Waals surface area contributed by atoms with E-state index in [1.54, 1.807) is 24.1 Å². The summed E-state index contributed by atoms with van der Waals surface area (Å²) in [5.41, 5.74) is 1.77. The number of nitrogens with one attached hydrogen (secondary N) is 2. The van der Waals surface area contributed by atoms with Gasteiger partial charge in [-0.1, -0.05) is 15.9 Å². The molecule has 10 heteroatoms. The first kappa shape index (κ1) is 25.0. The fraction of sp³-hybridized carbons (Fsp3) is 0.400. The summed E-state index contributed by atoms with van der Waals surface area (Å²) in [6, 6.07) is 14.4. The average Bonchev–Trinajstić information content (AvgIpc) is 2.87. The fourth-order valence-corrected chi connectivity index (χ4v) is 4.64. The van der Waals surface area contributed by atoms with Crippen molar-refractivity contribution in [2.75, 3.05) is 63.1 Å². The van der Waals surface area contributed by atoms with Gasteiger partial charge in [-0.3, -0.25) is 19.3 Å². The smallest absolute Gasteiger partial charge is 0.243 e. The average molecular weight is 544 g/mol. The maximum Gasteiger partial charge on any atom is 0.243 e. The minimum absolute atomic E-state index is 0.0844. The van der Waals surface area contributed by atoms with Crippen LogP contribution in [-0.4, -0.2) is 86.5 Å². The molecule has 186 valence electrons. The van der Waals surface area contributed by atoms with Crippen LogP contribution in [0.25, 0.3) is 0 Å². The Balaban J connectivity index is 1.31. The first-order valence-electron chi connectivity index (χ1n) is 11.7. The van der Waals surface area contributed by atoms with Crippen LogP contribution in [-0.2, 0) is 14.4 Å². The highest BCUT2D eigenvalue weighted by Crippen LogP contribution is 2.21. The lowest BCUT2D eigenvalue weighted by atomic mass is 10.1. The zero-order valence-corrected chi connectivity index (χ0v) is 21.3. The first-order valence-corrected chi connectivity index (χ1v) is 12.5. The highest BCUT2D eigenvalue weighted by molar-refractivity contribution is 9.10. The number of amides is 3. The Morgan fingerprint density at radius 2 is 1.71 bits per heavy atom. The van der Waals surface area contributed by atoms with Gasteiger partial charge in [0.15, 0.2) is 0 Å².